The monoisotopic (exact) mass is 510 g/mol. The van der Waals surface area contributed by atoms with Crippen molar-refractivity contribution in [1.29, 1.82) is 0 Å². The van der Waals surface area contributed by atoms with E-state index in [4.69, 9.17) is 4.98 Å². The Labute approximate surface area is 221 Å². The van der Waals surface area contributed by atoms with E-state index >= 15 is 0 Å². The molecule has 3 aliphatic heterocycles. The molecule has 0 radical (unpaired) electrons. The summed E-state index contributed by atoms with van der Waals surface area (Å²) in [5.74, 6) is -0.107. The van der Waals surface area contributed by atoms with E-state index in [-0.39, 0.29) is 17.1 Å². The van der Waals surface area contributed by atoms with Crippen molar-refractivity contribution in [3.63, 3.8) is 0 Å². The fraction of sp³-hybridized carbons (Fsp3) is 0.586. The van der Waals surface area contributed by atoms with Crippen molar-refractivity contribution in [3.05, 3.63) is 59.2 Å². The number of piperazine rings is 2. The maximum atomic E-state index is 13.3. The minimum atomic E-state index is -0.235. The molecule has 2 fully saturated rings. The van der Waals surface area contributed by atoms with Crippen LogP contribution in [-0.2, 0) is 16.6 Å². The van der Waals surface area contributed by atoms with Gasteiger partial charge in [0.1, 0.15) is 5.82 Å². The van der Waals surface area contributed by atoms with Gasteiger partial charge in [0.25, 0.3) is 0 Å². The van der Waals surface area contributed by atoms with Crippen LogP contribution in [0.1, 0.15) is 51.4 Å². The fourth-order valence-corrected chi connectivity index (χ4v) is 5.31. The van der Waals surface area contributed by atoms with Crippen molar-refractivity contribution in [2.75, 3.05) is 50.7 Å². The number of anilines is 1. The molecule has 5 rings (SSSR count). The molecule has 1 aromatic carbocycles. The fourth-order valence-electron chi connectivity index (χ4n) is 5.31. The van der Waals surface area contributed by atoms with Gasteiger partial charge in [0.05, 0.1) is 17.9 Å². The molecule has 0 saturated carbocycles. The molecule has 1 unspecified atom stereocenters. The van der Waals surface area contributed by atoms with Gasteiger partial charge in [-0.3, -0.25) is 14.7 Å². The number of aromatic nitrogens is 1. The molecule has 0 aliphatic carbocycles. The molecule has 0 spiro atoms. The third-order valence-corrected chi connectivity index (χ3v) is 7.51. The Morgan fingerprint density at radius 3 is 2.46 bits per heavy atom. The average molecular weight is 511 g/mol. The molecular formula is C29H43FN6O. The third-order valence-electron chi connectivity index (χ3n) is 7.51. The lowest BCUT2D eigenvalue weighted by molar-refractivity contribution is -0.120. The number of amides is 1. The summed E-state index contributed by atoms with van der Waals surface area (Å²) in [5, 5.41) is 10.1. The van der Waals surface area contributed by atoms with E-state index in [0.29, 0.717) is 37.6 Å². The van der Waals surface area contributed by atoms with Crippen molar-refractivity contribution in [2.45, 2.75) is 64.6 Å². The number of pyridine rings is 1. The van der Waals surface area contributed by atoms with Gasteiger partial charge in [-0.15, -0.1) is 0 Å². The van der Waals surface area contributed by atoms with Crippen LogP contribution in [0, 0.1) is 5.82 Å². The number of carbonyl (C=O) groups is 1. The smallest absolute Gasteiger partial charge is 0.241 e. The van der Waals surface area contributed by atoms with Gasteiger partial charge in [-0.2, -0.15) is 0 Å². The van der Waals surface area contributed by atoms with Crippen LogP contribution in [-0.4, -0.2) is 79.7 Å². The second-order valence-electron chi connectivity index (χ2n) is 11.5. The predicted octanol–water partition coefficient (Wildman–Crippen LogP) is 2.69. The molecule has 37 heavy (non-hydrogen) atoms. The summed E-state index contributed by atoms with van der Waals surface area (Å²) in [7, 11) is 0. The lowest BCUT2D eigenvalue weighted by Crippen LogP contribution is -2.56. The van der Waals surface area contributed by atoms with E-state index in [1.54, 1.807) is 12.1 Å². The van der Waals surface area contributed by atoms with Gasteiger partial charge < -0.3 is 20.9 Å². The zero-order valence-corrected chi connectivity index (χ0v) is 23.0. The van der Waals surface area contributed by atoms with Crippen LogP contribution in [0.4, 0.5) is 10.1 Å². The van der Waals surface area contributed by atoms with Gasteiger partial charge in [-0.1, -0.05) is 26.0 Å². The van der Waals surface area contributed by atoms with Gasteiger partial charge in [0.2, 0.25) is 5.91 Å². The first-order valence-electron chi connectivity index (χ1n) is 13.6. The summed E-state index contributed by atoms with van der Waals surface area (Å²) >= 11 is 0. The SMILES string of the molecule is CC1CN(CC(=O)N2CC(C)(C)c3ncc(Cc4ccc(F)cc4)cc32)[C@@H](C)CN1.C[C@@H]1CNCCN1. The number of nitrogens with one attached hydrogen (secondary N) is 3. The minimum absolute atomic E-state index is 0.128. The van der Waals surface area contributed by atoms with Gasteiger partial charge in [0, 0.05) is 69.0 Å². The van der Waals surface area contributed by atoms with Gasteiger partial charge in [-0.25, -0.2) is 4.39 Å². The minimum Gasteiger partial charge on any atom is -0.314 e. The van der Waals surface area contributed by atoms with E-state index in [2.05, 4.69) is 61.5 Å². The number of halogens is 1. The highest BCUT2D eigenvalue weighted by Gasteiger charge is 2.40. The van der Waals surface area contributed by atoms with Crippen molar-refractivity contribution in [1.82, 2.24) is 25.8 Å². The Morgan fingerprint density at radius 2 is 1.81 bits per heavy atom. The Hall–Kier alpha value is -2.39. The molecule has 1 amide bonds. The van der Waals surface area contributed by atoms with E-state index in [1.165, 1.54) is 12.1 Å². The van der Waals surface area contributed by atoms with E-state index in [9.17, 15) is 9.18 Å². The lowest BCUT2D eigenvalue weighted by atomic mass is 9.91. The zero-order valence-electron chi connectivity index (χ0n) is 23.0. The van der Waals surface area contributed by atoms with Crippen LogP contribution in [0.3, 0.4) is 0 Å². The molecule has 202 valence electrons. The third kappa shape index (κ3) is 7.13. The molecule has 3 aliphatic rings. The molecule has 3 N–H and O–H groups in total. The quantitative estimate of drug-likeness (QED) is 0.588. The van der Waals surface area contributed by atoms with Crippen LogP contribution >= 0.6 is 0 Å². The Kier molecular flexibility index (Phi) is 8.95. The molecular weight excluding hydrogens is 467 g/mol. The van der Waals surface area contributed by atoms with Gasteiger partial charge >= 0.3 is 0 Å². The zero-order chi connectivity index (χ0) is 26.6. The Bertz CT molecular complexity index is 1050. The first-order valence-corrected chi connectivity index (χ1v) is 13.6. The molecule has 1 aromatic heterocycles. The summed E-state index contributed by atoms with van der Waals surface area (Å²) < 4.78 is 13.2. The summed E-state index contributed by atoms with van der Waals surface area (Å²) in [6.45, 7) is 17.0. The largest absolute Gasteiger partial charge is 0.314 e. The maximum absolute atomic E-state index is 13.3. The molecule has 8 heteroatoms. The first kappa shape index (κ1) is 27.6. The summed E-state index contributed by atoms with van der Waals surface area (Å²) in [5.41, 5.74) is 3.76. The van der Waals surface area contributed by atoms with E-state index < -0.39 is 0 Å². The average Bonchev–Trinajstić information content (AvgIpc) is 3.14. The van der Waals surface area contributed by atoms with Crippen molar-refractivity contribution >= 4 is 11.6 Å². The standard InChI is InChI=1S/C24H31FN4O.C5H12N2/c1-16-13-28(17(2)11-26-16)14-22(30)29-15-24(3,4)23-21(29)10-19(12-27-23)9-18-5-7-20(25)8-6-18;1-5-4-6-2-3-7-5/h5-8,10,12,16-17,26H,9,11,13-15H2,1-4H3;5-7H,2-4H2,1H3/t16?,17-;5-/m01/s1. The van der Waals surface area contributed by atoms with Crippen LogP contribution in [0.2, 0.25) is 0 Å². The second-order valence-corrected chi connectivity index (χ2v) is 11.5. The second kappa shape index (κ2) is 12.0. The number of benzene rings is 1. The molecule has 4 heterocycles. The highest BCUT2D eigenvalue weighted by atomic mass is 19.1. The van der Waals surface area contributed by atoms with Gasteiger partial charge in [-0.05, 0) is 56.5 Å². The van der Waals surface area contributed by atoms with Gasteiger partial charge in [0.15, 0.2) is 0 Å². The van der Waals surface area contributed by atoms with Crippen molar-refractivity contribution < 1.29 is 9.18 Å². The van der Waals surface area contributed by atoms with Crippen molar-refractivity contribution in [2.24, 2.45) is 0 Å². The molecule has 0 bridgehead atoms. The summed E-state index contributed by atoms with van der Waals surface area (Å²) in [4.78, 5) is 22.2. The molecule has 7 nitrogen and oxygen atoms in total. The number of fused-ring (bicyclic) bond motifs is 1. The first-order chi connectivity index (χ1) is 17.6. The van der Waals surface area contributed by atoms with E-state index in [0.717, 1.165) is 55.2 Å². The summed E-state index contributed by atoms with van der Waals surface area (Å²) in [6.07, 6.45) is 2.55. The van der Waals surface area contributed by atoms with Crippen LogP contribution in [0.15, 0.2) is 36.5 Å². The van der Waals surface area contributed by atoms with Crippen LogP contribution < -0.4 is 20.9 Å². The Morgan fingerprint density at radius 1 is 1.05 bits per heavy atom. The Balaban J connectivity index is 0.000000396. The predicted molar refractivity (Wildman–Crippen MR) is 148 cm³/mol. The highest BCUT2D eigenvalue weighted by molar-refractivity contribution is 5.97. The summed E-state index contributed by atoms with van der Waals surface area (Å²) in [6, 6.07) is 10.0. The van der Waals surface area contributed by atoms with Crippen LogP contribution in [0.5, 0.6) is 0 Å². The number of hydrogen-bond acceptors (Lipinski definition) is 6. The normalized spacial score (nSPS) is 25.2. The number of nitrogens with zero attached hydrogens (tertiary/aromatic N) is 3. The number of rotatable bonds is 4. The van der Waals surface area contributed by atoms with E-state index in [1.807, 2.05) is 11.1 Å². The number of hydrogen-bond donors (Lipinski definition) is 3. The lowest BCUT2D eigenvalue weighted by Gasteiger charge is -2.37. The molecule has 2 aromatic rings. The molecule has 2 saturated heterocycles. The highest BCUT2D eigenvalue weighted by Crippen LogP contribution is 2.39. The topological polar surface area (TPSA) is 72.5 Å². The van der Waals surface area contributed by atoms with Crippen molar-refractivity contribution in [3.8, 4) is 0 Å². The molecule has 3 atom stereocenters. The maximum Gasteiger partial charge on any atom is 0.241 e. The van der Waals surface area contributed by atoms with Crippen LogP contribution in [0.25, 0.3) is 0 Å². The number of carbonyl (C=O) groups excluding carboxylic acids is 1.